The van der Waals surface area contributed by atoms with Crippen molar-refractivity contribution in [2.45, 2.75) is 329 Å². The maximum absolute atomic E-state index is 12.8. The zero-order chi connectivity index (χ0) is 51.6. The normalized spacial score (nSPS) is 11.4. The van der Waals surface area contributed by atoms with Gasteiger partial charge in [0.1, 0.15) is 0 Å². The molecule has 0 aromatic rings. The van der Waals surface area contributed by atoms with Gasteiger partial charge in [0.15, 0.2) is 0 Å². The number of hydrogen-bond donors (Lipinski definition) is 4. The van der Waals surface area contributed by atoms with E-state index >= 15 is 0 Å². The number of amides is 4. The molecule has 0 unspecified atom stereocenters. The van der Waals surface area contributed by atoms with E-state index in [2.05, 4.69) is 46.9 Å². The van der Waals surface area contributed by atoms with Gasteiger partial charge in [-0.3, -0.25) is 19.2 Å². The van der Waals surface area contributed by atoms with Crippen molar-refractivity contribution in [1.29, 1.82) is 0 Å². The monoisotopic (exact) mass is 1000 g/mol. The molecule has 0 fully saturated rings. The van der Waals surface area contributed by atoms with Crippen molar-refractivity contribution in [3.05, 3.63) is 0 Å². The van der Waals surface area contributed by atoms with Crippen molar-refractivity contribution in [3.63, 3.8) is 0 Å². The number of carbonyl (C=O) groups excluding carboxylic acids is 4. The number of rotatable bonds is 59. The zero-order valence-electron chi connectivity index (χ0n) is 48.0. The predicted octanol–water partition coefficient (Wildman–Crippen LogP) is 16.5. The van der Waals surface area contributed by atoms with E-state index < -0.39 is 0 Å². The molecule has 0 rings (SSSR count). The third-order valence-electron chi connectivity index (χ3n) is 14.7. The van der Waals surface area contributed by atoms with Gasteiger partial charge in [-0.25, -0.2) is 0 Å². The van der Waals surface area contributed by atoms with Gasteiger partial charge in [-0.15, -0.1) is 0 Å². The largest absolute Gasteiger partial charge is 0.354 e. The minimum atomic E-state index is -0.0162. The summed E-state index contributed by atoms with van der Waals surface area (Å²) in [6.07, 6.45) is 59.7. The van der Waals surface area contributed by atoms with E-state index in [1.165, 1.54) is 250 Å². The average Bonchev–Trinajstić information content (AvgIpc) is 3.37. The van der Waals surface area contributed by atoms with Crippen LogP contribution in [0.3, 0.4) is 0 Å². The highest BCUT2D eigenvalue weighted by Gasteiger charge is 2.12. The standard InChI is InChI=1S/C62H123N5O4/c1-4-7-10-13-16-19-22-25-28-29-32-35-38-41-44-47-56-67(57-50-61(70)65-54-52-63-59(68)48-45-42-39-36-33-30-26-23-20-17-14-11-8-5-2)58-51-62(71)66-55-53-64-60(69)49-46-43-40-37-34-31-27-24-21-18-15-12-9-6-3/h4-58H2,1-3H3,(H,63,68)(H,64,69)(H,65,70)(H,66,71). The van der Waals surface area contributed by atoms with Crippen LogP contribution >= 0.6 is 0 Å². The Morgan fingerprint density at radius 1 is 0.225 bits per heavy atom. The molecule has 0 aliphatic heterocycles. The molecule has 0 aliphatic rings. The van der Waals surface area contributed by atoms with Crippen LogP contribution in [-0.2, 0) is 19.2 Å². The molecule has 4 amide bonds. The number of carbonyl (C=O) groups is 4. The second-order valence-corrected chi connectivity index (χ2v) is 21.7. The molecule has 0 heterocycles. The Labute approximate surface area is 442 Å². The molecule has 4 N–H and O–H groups in total. The third-order valence-corrected chi connectivity index (χ3v) is 14.7. The molecule has 71 heavy (non-hydrogen) atoms. The van der Waals surface area contributed by atoms with E-state index in [9.17, 15) is 19.2 Å². The summed E-state index contributed by atoms with van der Waals surface area (Å²) in [6, 6.07) is 0. The molecule has 0 atom stereocenters. The van der Waals surface area contributed by atoms with E-state index in [0.29, 0.717) is 65.0 Å². The average molecular weight is 1000 g/mol. The third kappa shape index (κ3) is 57.0. The lowest BCUT2D eigenvalue weighted by Crippen LogP contribution is -2.38. The highest BCUT2D eigenvalue weighted by molar-refractivity contribution is 5.78. The molecule has 0 radical (unpaired) electrons. The van der Waals surface area contributed by atoms with Crippen molar-refractivity contribution in [2.75, 3.05) is 45.8 Å². The Bertz CT molecular complexity index is 1070. The first kappa shape index (κ1) is 68.8. The van der Waals surface area contributed by atoms with Gasteiger partial charge in [-0.1, -0.05) is 284 Å². The van der Waals surface area contributed by atoms with E-state index in [4.69, 9.17) is 0 Å². The van der Waals surface area contributed by atoms with E-state index in [1.54, 1.807) is 0 Å². The van der Waals surface area contributed by atoms with Crippen LogP contribution in [0, 0.1) is 0 Å². The van der Waals surface area contributed by atoms with Gasteiger partial charge in [-0.05, 0) is 25.8 Å². The molecular weight excluding hydrogens is 879 g/mol. The number of nitrogens with zero attached hydrogens (tertiary/aromatic N) is 1. The van der Waals surface area contributed by atoms with Crippen LogP contribution in [0.15, 0.2) is 0 Å². The van der Waals surface area contributed by atoms with Gasteiger partial charge in [0, 0.05) is 65.0 Å². The van der Waals surface area contributed by atoms with Crippen molar-refractivity contribution in [3.8, 4) is 0 Å². The Morgan fingerprint density at radius 2 is 0.408 bits per heavy atom. The summed E-state index contributed by atoms with van der Waals surface area (Å²) in [5.74, 6) is 0.114. The molecule has 0 aliphatic carbocycles. The summed E-state index contributed by atoms with van der Waals surface area (Å²) >= 11 is 0. The van der Waals surface area contributed by atoms with Crippen molar-refractivity contribution < 1.29 is 19.2 Å². The first-order valence-corrected chi connectivity index (χ1v) is 31.7. The maximum atomic E-state index is 12.8. The molecule has 9 nitrogen and oxygen atoms in total. The predicted molar refractivity (Wildman–Crippen MR) is 307 cm³/mol. The quantitative estimate of drug-likeness (QED) is 0.0453. The fraction of sp³-hybridized carbons (Fsp3) is 0.935. The Kier molecular flexibility index (Phi) is 56.9. The Hall–Kier alpha value is -2.16. The highest BCUT2D eigenvalue weighted by atomic mass is 16.2. The molecule has 0 bridgehead atoms. The maximum Gasteiger partial charge on any atom is 0.221 e. The smallest absolute Gasteiger partial charge is 0.221 e. The van der Waals surface area contributed by atoms with Crippen LogP contribution in [0.25, 0.3) is 0 Å². The summed E-state index contributed by atoms with van der Waals surface area (Å²) < 4.78 is 0. The summed E-state index contributed by atoms with van der Waals surface area (Å²) in [5.41, 5.74) is 0. The fourth-order valence-electron chi connectivity index (χ4n) is 9.86. The van der Waals surface area contributed by atoms with Crippen LogP contribution in [0.4, 0.5) is 0 Å². The van der Waals surface area contributed by atoms with Crippen LogP contribution in [0.1, 0.15) is 329 Å². The van der Waals surface area contributed by atoms with Gasteiger partial charge < -0.3 is 26.2 Å². The van der Waals surface area contributed by atoms with E-state index in [1.807, 2.05) is 0 Å². The molecule has 0 saturated carbocycles. The zero-order valence-corrected chi connectivity index (χ0v) is 48.0. The highest BCUT2D eigenvalue weighted by Crippen LogP contribution is 2.17. The Morgan fingerprint density at radius 3 is 0.634 bits per heavy atom. The van der Waals surface area contributed by atoms with Gasteiger partial charge in [0.25, 0.3) is 0 Å². The fourth-order valence-corrected chi connectivity index (χ4v) is 9.86. The van der Waals surface area contributed by atoms with E-state index in [0.717, 1.165) is 38.6 Å². The van der Waals surface area contributed by atoms with Gasteiger partial charge in [-0.2, -0.15) is 0 Å². The number of unbranched alkanes of at least 4 members (excludes halogenated alkanes) is 41. The first-order chi connectivity index (χ1) is 34.9. The molecule has 0 aromatic carbocycles. The molecule has 0 aromatic heterocycles. The summed E-state index contributed by atoms with van der Waals surface area (Å²) in [4.78, 5) is 52.7. The molecular formula is C62H123N5O4. The van der Waals surface area contributed by atoms with Crippen molar-refractivity contribution in [1.82, 2.24) is 26.2 Å². The van der Waals surface area contributed by atoms with Crippen LogP contribution in [0.5, 0.6) is 0 Å². The summed E-state index contributed by atoms with van der Waals surface area (Å²) in [7, 11) is 0. The molecule has 0 spiro atoms. The molecule has 420 valence electrons. The second kappa shape index (κ2) is 58.7. The van der Waals surface area contributed by atoms with Crippen molar-refractivity contribution >= 4 is 23.6 Å². The minimum Gasteiger partial charge on any atom is -0.354 e. The molecule has 0 saturated heterocycles. The van der Waals surface area contributed by atoms with Gasteiger partial charge in [0.2, 0.25) is 23.6 Å². The number of nitrogens with one attached hydrogen (secondary N) is 4. The lowest BCUT2D eigenvalue weighted by atomic mass is 10.0. The van der Waals surface area contributed by atoms with Gasteiger partial charge >= 0.3 is 0 Å². The summed E-state index contributed by atoms with van der Waals surface area (Å²) in [5, 5.41) is 11.9. The van der Waals surface area contributed by atoms with Crippen LogP contribution in [0.2, 0.25) is 0 Å². The van der Waals surface area contributed by atoms with E-state index in [-0.39, 0.29) is 23.6 Å². The lowest BCUT2D eigenvalue weighted by Gasteiger charge is -2.22. The SMILES string of the molecule is CCCCCCCCCCCCCCCCCCN(CCC(=O)NCCNC(=O)CCCCCCCCCCCCCCCC)CCC(=O)NCCNC(=O)CCCCCCCCCCCCCCCC. The number of hydrogen-bond acceptors (Lipinski definition) is 5. The minimum absolute atomic E-state index is 0.0162. The molecule has 9 heteroatoms. The summed E-state index contributed by atoms with van der Waals surface area (Å²) in [6.45, 7) is 10.7. The lowest BCUT2D eigenvalue weighted by molar-refractivity contribution is -0.123. The first-order valence-electron chi connectivity index (χ1n) is 31.7. The Balaban J connectivity index is 4.30. The van der Waals surface area contributed by atoms with Crippen molar-refractivity contribution in [2.24, 2.45) is 0 Å². The second-order valence-electron chi connectivity index (χ2n) is 21.7. The van der Waals surface area contributed by atoms with Crippen LogP contribution < -0.4 is 21.3 Å². The topological polar surface area (TPSA) is 120 Å². The van der Waals surface area contributed by atoms with Gasteiger partial charge in [0.05, 0.1) is 0 Å². The van der Waals surface area contributed by atoms with Crippen LogP contribution in [-0.4, -0.2) is 74.3 Å².